The molecule has 1 aromatic carbocycles. The SMILES string of the molecule is Cc1c2c(cc(Br)c1C(N)C(=O)O)OCCO2. The van der Waals surface area contributed by atoms with Crippen LogP contribution in [0.25, 0.3) is 0 Å². The van der Waals surface area contributed by atoms with E-state index in [1.54, 1.807) is 13.0 Å². The average molecular weight is 302 g/mol. The number of rotatable bonds is 2. The predicted molar refractivity (Wildman–Crippen MR) is 64.4 cm³/mol. The predicted octanol–water partition coefficient (Wildman–Crippen LogP) is 1.61. The van der Waals surface area contributed by atoms with Gasteiger partial charge in [0.2, 0.25) is 0 Å². The zero-order valence-corrected chi connectivity index (χ0v) is 10.8. The van der Waals surface area contributed by atoms with Gasteiger partial charge in [-0.15, -0.1) is 0 Å². The summed E-state index contributed by atoms with van der Waals surface area (Å²) >= 11 is 3.32. The highest BCUT2D eigenvalue weighted by atomic mass is 79.9. The Bertz CT molecular complexity index is 475. The first-order valence-corrected chi connectivity index (χ1v) is 5.88. The molecule has 0 aromatic heterocycles. The summed E-state index contributed by atoms with van der Waals surface area (Å²) in [6.45, 7) is 2.72. The molecule has 0 fully saturated rings. The van der Waals surface area contributed by atoms with E-state index >= 15 is 0 Å². The average Bonchev–Trinajstić information content (AvgIpc) is 2.28. The first-order valence-electron chi connectivity index (χ1n) is 5.09. The molecule has 3 N–H and O–H groups in total. The Balaban J connectivity index is 2.57. The van der Waals surface area contributed by atoms with Gasteiger partial charge in [-0.05, 0) is 13.0 Å². The maximum absolute atomic E-state index is 11.0. The highest BCUT2D eigenvalue weighted by Gasteiger charge is 2.25. The molecule has 0 amide bonds. The Morgan fingerprint density at radius 1 is 1.53 bits per heavy atom. The summed E-state index contributed by atoms with van der Waals surface area (Å²) in [5, 5.41) is 8.97. The van der Waals surface area contributed by atoms with Crippen LogP contribution in [0.4, 0.5) is 0 Å². The van der Waals surface area contributed by atoms with Crippen molar-refractivity contribution in [2.75, 3.05) is 13.2 Å². The maximum Gasteiger partial charge on any atom is 0.325 e. The van der Waals surface area contributed by atoms with Gasteiger partial charge in [-0.25, -0.2) is 0 Å². The first kappa shape index (κ1) is 12.2. The van der Waals surface area contributed by atoms with E-state index in [4.69, 9.17) is 20.3 Å². The Hall–Kier alpha value is -1.27. The van der Waals surface area contributed by atoms with Crippen molar-refractivity contribution in [2.24, 2.45) is 5.73 Å². The monoisotopic (exact) mass is 301 g/mol. The van der Waals surface area contributed by atoms with E-state index in [0.29, 0.717) is 40.3 Å². The van der Waals surface area contributed by atoms with Gasteiger partial charge >= 0.3 is 5.97 Å². The summed E-state index contributed by atoms with van der Waals surface area (Å²) in [4.78, 5) is 11.0. The fourth-order valence-corrected chi connectivity index (χ4v) is 2.58. The number of benzene rings is 1. The summed E-state index contributed by atoms with van der Waals surface area (Å²) in [7, 11) is 0. The van der Waals surface area contributed by atoms with Gasteiger partial charge in [-0.2, -0.15) is 0 Å². The highest BCUT2D eigenvalue weighted by Crippen LogP contribution is 2.41. The molecule has 1 heterocycles. The van der Waals surface area contributed by atoms with E-state index in [9.17, 15) is 4.79 Å². The van der Waals surface area contributed by atoms with Gasteiger partial charge < -0.3 is 20.3 Å². The second kappa shape index (κ2) is 4.54. The maximum atomic E-state index is 11.0. The van der Waals surface area contributed by atoms with Crippen LogP contribution >= 0.6 is 15.9 Å². The van der Waals surface area contributed by atoms with Gasteiger partial charge in [0.25, 0.3) is 0 Å². The van der Waals surface area contributed by atoms with Gasteiger partial charge in [0.05, 0.1) is 0 Å². The lowest BCUT2D eigenvalue weighted by atomic mass is 10.0. The molecule has 1 aromatic rings. The van der Waals surface area contributed by atoms with Crippen LogP contribution in [0.1, 0.15) is 17.2 Å². The fraction of sp³-hybridized carbons (Fsp3) is 0.364. The third kappa shape index (κ3) is 2.10. The Morgan fingerprint density at radius 2 is 2.18 bits per heavy atom. The standard InChI is InChI=1S/C11H12BrNO4/c1-5-8(9(13)11(14)15)6(12)4-7-10(5)17-3-2-16-7/h4,9H,2-3,13H2,1H3,(H,14,15). The van der Waals surface area contributed by atoms with E-state index < -0.39 is 12.0 Å². The Labute approximate surface area is 107 Å². The van der Waals surface area contributed by atoms with Crippen LogP contribution in [0.3, 0.4) is 0 Å². The molecule has 1 aliphatic rings. The zero-order valence-electron chi connectivity index (χ0n) is 9.20. The van der Waals surface area contributed by atoms with Crippen molar-refractivity contribution in [3.63, 3.8) is 0 Å². The van der Waals surface area contributed by atoms with Crippen LogP contribution in [0.2, 0.25) is 0 Å². The molecule has 17 heavy (non-hydrogen) atoms. The number of nitrogens with two attached hydrogens (primary N) is 1. The first-order chi connectivity index (χ1) is 8.02. The molecule has 0 radical (unpaired) electrons. The number of carboxylic acids is 1. The molecule has 0 saturated carbocycles. The summed E-state index contributed by atoms with van der Waals surface area (Å²) in [6.07, 6.45) is 0. The number of aliphatic carboxylic acids is 1. The molecular formula is C11H12BrNO4. The topological polar surface area (TPSA) is 81.8 Å². The Kier molecular flexibility index (Phi) is 3.26. The number of hydrogen-bond donors (Lipinski definition) is 2. The highest BCUT2D eigenvalue weighted by molar-refractivity contribution is 9.10. The molecule has 92 valence electrons. The van der Waals surface area contributed by atoms with Crippen LogP contribution in [0, 0.1) is 6.92 Å². The summed E-state index contributed by atoms with van der Waals surface area (Å²) in [5.74, 6) is 0.110. The third-order valence-electron chi connectivity index (χ3n) is 2.65. The third-order valence-corrected chi connectivity index (χ3v) is 3.30. The van der Waals surface area contributed by atoms with Crippen LogP contribution in [0.15, 0.2) is 10.5 Å². The summed E-state index contributed by atoms with van der Waals surface area (Å²) in [6, 6.07) is 0.611. The molecule has 0 aliphatic carbocycles. The van der Waals surface area contributed by atoms with E-state index in [0.717, 1.165) is 0 Å². The number of halogens is 1. The van der Waals surface area contributed by atoms with Crippen molar-refractivity contribution in [1.29, 1.82) is 0 Å². The van der Waals surface area contributed by atoms with Crippen LogP contribution in [0.5, 0.6) is 11.5 Å². The minimum atomic E-state index is -1.08. The van der Waals surface area contributed by atoms with Gasteiger partial charge in [-0.1, -0.05) is 15.9 Å². The van der Waals surface area contributed by atoms with Crippen molar-refractivity contribution >= 4 is 21.9 Å². The minimum absolute atomic E-state index is 0.456. The summed E-state index contributed by atoms with van der Waals surface area (Å²) in [5.41, 5.74) is 6.86. The number of ether oxygens (including phenoxy) is 2. The van der Waals surface area contributed by atoms with Crippen molar-refractivity contribution in [3.05, 3.63) is 21.7 Å². The van der Waals surface area contributed by atoms with Crippen LogP contribution in [-0.2, 0) is 4.79 Å². The lowest BCUT2D eigenvalue weighted by molar-refractivity contribution is -0.138. The molecule has 1 aliphatic heterocycles. The van der Waals surface area contributed by atoms with E-state index in [2.05, 4.69) is 15.9 Å². The van der Waals surface area contributed by atoms with Gasteiger partial charge in [-0.3, -0.25) is 4.79 Å². The second-order valence-corrected chi connectivity index (χ2v) is 4.59. The van der Waals surface area contributed by atoms with Gasteiger partial charge in [0, 0.05) is 15.6 Å². The van der Waals surface area contributed by atoms with Crippen molar-refractivity contribution in [2.45, 2.75) is 13.0 Å². The lowest BCUT2D eigenvalue weighted by Gasteiger charge is -2.23. The second-order valence-electron chi connectivity index (χ2n) is 3.74. The number of fused-ring (bicyclic) bond motifs is 1. The van der Waals surface area contributed by atoms with Crippen molar-refractivity contribution in [3.8, 4) is 11.5 Å². The smallest absolute Gasteiger partial charge is 0.325 e. The molecule has 5 nitrogen and oxygen atoms in total. The van der Waals surface area contributed by atoms with Crippen molar-refractivity contribution < 1.29 is 19.4 Å². The molecular weight excluding hydrogens is 290 g/mol. The molecule has 0 bridgehead atoms. The van der Waals surface area contributed by atoms with Crippen LogP contribution < -0.4 is 15.2 Å². The normalized spacial score (nSPS) is 15.5. The van der Waals surface area contributed by atoms with Crippen molar-refractivity contribution in [1.82, 2.24) is 0 Å². The lowest BCUT2D eigenvalue weighted by Crippen LogP contribution is -2.24. The molecule has 6 heteroatoms. The van der Waals surface area contributed by atoms with E-state index in [-0.39, 0.29) is 0 Å². The van der Waals surface area contributed by atoms with Gasteiger partial charge in [0.1, 0.15) is 19.3 Å². The largest absolute Gasteiger partial charge is 0.486 e. The fourth-order valence-electron chi connectivity index (χ4n) is 1.83. The number of carbonyl (C=O) groups is 1. The zero-order chi connectivity index (χ0) is 12.6. The van der Waals surface area contributed by atoms with Gasteiger partial charge in [0.15, 0.2) is 11.5 Å². The van der Waals surface area contributed by atoms with Crippen LogP contribution in [-0.4, -0.2) is 24.3 Å². The molecule has 2 rings (SSSR count). The number of carboxylic acid groups (broad SMARTS) is 1. The number of hydrogen-bond acceptors (Lipinski definition) is 4. The van der Waals surface area contributed by atoms with E-state index in [1.807, 2.05) is 0 Å². The van der Waals surface area contributed by atoms with E-state index in [1.165, 1.54) is 0 Å². The Morgan fingerprint density at radius 3 is 2.82 bits per heavy atom. The minimum Gasteiger partial charge on any atom is -0.486 e. The molecule has 0 spiro atoms. The summed E-state index contributed by atoms with van der Waals surface area (Å²) < 4.78 is 11.5. The quantitative estimate of drug-likeness (QED) is 0.867. The molecule has 1 unspecified atom stereocenters. The molecule has 1 atom stereocenters. The molecule has 0 saturated heterocycles.